The summed E-state index contributed by atoms with van der Waals surface area (Å²) in [5.74, 6) is 6.15. The Labute approximate surface area is 147 Å². The van der Waals surface area contributed by atoms with Gasteiger partial charge in [-0.3, -0.25) is 10.3 Å². The number of benzene rings is 1. The van der Waals surface area contributed by atoms with Crippen molar-refractivity contribution >= 4 is 17.6 Å². The van der Waals surface area contributed by atoms with Crippen LogP contribution in [0, 0.1) is 11.8 Å². The average Bonchev–Trinajstić information content (AvgIpc) is 2.96. The molecule has 0 atom stereocenters. The fourth-order valence-corrected chi connectivity index (χ4v) is 3.04. The maximum Gasteiger partial charge on any atom is 0.319 e. The summed E-state index contributed by atoms with van der Waals surface area (Å²) in [6.45, 7) is 1.34. The summed E-state index contributed by atoms with van der Waals surface area (Å²) in [5.41, 5.74) is 4.15. The smallest absolute Gasteiger partial charge is 0.319 e. The Bertz CT molecular complexity index is 725. The fraction of sp³-hybridized carbons (Fsp3) is 0.389. The summed E-state index contributed by atoms with van der Waals surface area (Å²) >= 11 is 5.96. The van der Waals surface area contributed by atoms with E-state index in [2.05, 4.69) is 17.3 Å². The number of allylic oxidation sites excluding steroid dienone is 1. The largest absolute Gasteiger partial charge is 0.331 e. The van der Waals surface area contributed by atoms with Crippen molar-refractivity contribution in [2.45, 2.75) is 18.4 Å². The number of nitrogens with zero attached hydrogens (tertiary/aromatic N) is 2. The molecule has 0 bridgehead atoms. The lowest BCUT2D eigenvalue weighted by Gasteiger charge is -2.37. The van der Waals surface area contributed by atoms with Gasteiger partial charge in [-0.2, -0.15) is 0 Å². The number of likely N-dealkylation sites (tertiary alicyclic amines) is 1. The first-order valence-corrected chi connectivity index (χ1v) is 8.26. The molecule has 2 heterocycles. The van der Waals surface area contributed by atoms with E-state index < -0.39 is 0 Å². The molecule has 0 unspecified atom stereocenters. The molecule has 2 amide bonds. The second-order valence-corrected chi connectivity index (χ2v) is 6.69. The number of rotatable bonds is 0. The topological polar surface area (TPSA) is 44.8 Å². The van der Waals surface area contributed by atoms with E-state index in [9.17, 15) is 4.79 Å². The van der Waals surface area contributed by atoms with Crippen molar-refractivity contribution in [3.05, 3.63) is 46.6 Å². The molecule has 24 heavy (non-hydrogen) atoms. The van der Waals surface area contributed by atoms with Gasteiger partial charge in [-0.1, -0.05) is 23.6 Å². The third-order valence-corrected chi connectivity index (χ3v) is 4.44. The van der Waals surface area contributed by atoms with Crippen LogP contribution in [0.2, 0.25) is 5.02 Å². The van der Waals surface area contributed by atoms with Gasteiger partial charge in [-0.05, 0) is 30.2 Å². The summed E-state index contributed by atoms with van der Waals surface area (Å²) in [4.78, 5) is 21.2. The van der Waals surface area contributed by atoms with Gasteiger partial charge in [-0.25, -0.2) is 4.79 Å². The Balaban J connectivity index is 1.65. The van der Waals surface area contributed by atoms with Crippen LogP contribution in [0.4, 0.5) is 4.79 Å². The van der Waals surface area contributed by atoms with Crippen molar-refractivity contribution in [2.24, 2.45) is 0 Å². The predicted octanol–water partition coefficient (Wildman–Crippen LogP) is 2.63. The van der Waals surface area contributed by atoms with Crippen molar-refractivity contribution < 1.29 is 9.63 Å². The van der Waals surface area contributed by atoms with Gasteiger partial charge in [0, 0.05) is 50.6 Å². The Hall–Kier alpha value is -2.16. The van der Waals surface area contributed by atoms with Gasteiger partial charge in [-0.15, -0.1) is 0 Å². The number of halogens is 1. The van der Waals surface area contributed by atoms with E-state index in [0.717, 1.165) is 24.1 Å². The molecule has 1 aromatic rings. The van der Waals surface area contributed by atoms with E-state index >= 15 is 0 Å². The van der Waals surface area contributed by atoms with Crippen LogP contribution in [-0.2, 0) is 4.84 Å². The second-order valence-electron chi connectivity index (χ2n) is 6.25. The summed E-state index contributed by atoms with van der Waals surface area (Å²) in [5, 5.41) is 0.667. The summed E-state index contributed by atoms with van der Waals surface area (Å²) < 4.78 is 0. The number of carbonyl (C=O) groups is 1. The molecule has 0 aromatic heterocycles. The van der Waals surface area contributed by atoms with Gasteiger partial charge < -0.3 is 9.80 Å². The molecule has 5 nitrogen and oxygen atoms in total. The lowest BCUT2D eigenvalue weighted by Crippen LogP contribution is -2.49. The third kappa shape index (κ3) is 3.66. The SMILES string of the molecule is CN(C)C(=O)N1CCC2(C=C(C#Cc3cccc(Cl)c3)NO2)CC1. The second kappa shape index (κ2) is 6.76. The lowest BCUT2D eigenvalue weighted by molar-refractivity contribution is -0.0684. The Kier molecular flexibility index (Phi) is 4.70. The quantitative estimate of drug-likeness (QED) is 0.735. The van der Waals surface area contributed by atoms with Crippen molar-refractivity contribution in [3.63, 3.8) is 0 Å². The van der Waals surface area contributed by atoms with Gasteiger partial charge in [0.15, 0.2) is 0 Å². The predicted molar refractivity (Wildman–Crippen MR) is 93.3 cm³/mol. The van der Waals surface area contributed by atoms with Crippen molar-refractivity contribution in [3.8, 4) is 11.8 Å². The van der Waals surface area contributed by atoms with Crippen molar-refractivity contribution in [2.75, 3.05) is 27.2 Å². The molecule has 1 fully saturated rings. The molecular formula is C18H20ClN3O2. The Morgan fingerprint density at radius 3 is 2.75 bits per heavy atom. The molecule has 0 aliphatic carbocycles. The van der Waals surface area contributed by atoms with E-state index in [1.165, 1.54) is 0 Å². The maximum absolute atomic E-state index is 12.0. The molecule has 2 aliphatic heterocycles. The van der Waals surface area contributed by atoms with Crippen LogP contribution in [-0.4, -0.2) is 48.6 Å². The molecule has 2 aliphatic rings. The fourth-order valence-electron chi connectivity index (χ4n) is 2.85. The molecule has 126 valence electrons. The lowest BCUT2D eigenvalue weighted by atomic mass is 9.91. The highest BCUT2D eigenvalue weighted by Crippen LogP contribution is 2.31. The number of carbonyl (C=O) groups excluding carboxylic acids is 1. The highest BCUT2D eigenvalue weighted by atomic mass is 35.5. The van der Waals surface area contributed by atoms with Crippen molar-refractivity contribution in [1.82, 2.24) is 15.3 Å². The minimum absolute atomic E-state index is 0.0424. The zero-order valence-electron chi connectivity index (χ0n) is 13.8. The van der Waals surface area contributed by atoms with Crippen LogP contribution in [0.15, 0.2) is 36.0 Å². The Morgan fingerprint density at radius 2 is 2.08 bits per heavy atom. The monoisotopic (exact) mass is 345 g/mol. The van der Waals surface area contributed by atoms with E-state index in [4.69, 9.17) is 16.4 Å². The van der Waals surface area contributed by atoms with Gasteiger partial charge in [0.2, 0.25) is 0 Å². The standard InChI is InChI=1S/C18H20ClN3O2/c1-21(2)17(23)22-10-8-18(9-11-22)13-16(20-24-18)7-6-14-4-3-5-15(19)12-14/h3-5,12-13,20H,8-11H2,1-2H3. The van der Waals surface area contributed by atoms with E-state index in [1.807, 2.05) is 35.2 Å². The first kappa shape index (κ1) is 16.7. The van der Waals surface area contributed by atoms with E-state index in [1.54, 1.807) is 19.0 Å². The maximum atomic E-state index is 12.0. The van der Waals surface area contributed by atoms with Crippen LogP contribution in [0.1, 0.15) is 18.4 Å². The first-order chi connectivity index (χ1) is 11.5. The summed E-state index contributed by atoms with van der Waals surface area (Å²) in [7, 11) is 3.54. The van der Waals surface area contributed by atoms with Crippen molar-refractivity contribution in [1.29, 1.82) is 0 Å². The number of nitrogens with one attached hydrogen (secondary N) is 1. The number of piperidine rings is 1. The van der Waals surface area contributed by atoms with Gasteiger partial charge in [0.1, 0.15) is 11.3 Å². The third-order valence-electron chi connectivity index (χ3n) is 4.20. The Morgan fingerprint density at radius 1 is 1.33 bits per heavy atom. The van der Waals surface area contributed by atoms with Gasteiger partial charge in [0.05, 0.1) is 0 Å². The number of urea groups is 1. The minimum Gasteiger partial charge on any atom is -0.331 e. The zero-order valence-corrected chi connectivity index (χ0v) is 14.6. The number of hydroxylamine groups is 1. The van der Waals surface area contributed by atoms with E-state index in [-0.39, 0.29) is 11.6 Å². The van der Waals surface area contributed by atoms with Crippen LogP contribution in [0.25, 0.3) is 0 Å². The average molecular weight is 346 g/mol. The van der Waals surface area contributed by atoms with Crippen LogP contribution in [0.5, 0.6) is 0 Å². The van der Waals surface area contributed by atoms with Crippen LogP contribution in [0.3, 0.4) is 0 Å². The normalized spacial score (nSPS) is 18.5. The summed E-state index contributed by atoms with van der Waals surface area (Å²) in [6.07, 6.45) is 3.53. The first-order valence-electron chi connectivity index (χ1n) is 7.88. The molecule has 1 spiro atoms. The van der Waals surface area contributed by atoms with Crippen LogP contribution >= 0.6 is 11.6 Å². The highest BCUT2D eigenvalue weighted by Gasteiger charge is 2.39. The number of amides is 2. The van der Waals surface area contributed by atoms with Crippen LogP contribution < -0.4 is 5.48 Å². The highest BCUT2D eigenvalue weighted by molar-refractivity contribution is 6.30. The number of hydrogen-bond donors (Lipinski definition) is 1. The van der Waals surface area contributed by atoms with E-state index in [0.29, 0.717) is 18.1 Å². The molecule has 1 N–H and O–H groups in total. The molecule has 1 aromatic carbocycles. The molecule has 1 saturated heterocycles. The molecule has 0 radical (unpaired) electrons. The molecule has 3 rings (SSSR count). The summed E-state index contributed by atoms with van der Waals surface area (Å²) in [6, 6.07) is 7.47. The molecular weight excluding hydrogens is 326 g/mol. The molecule has 0 saturated carbocycles. The zero-order chi connectivity index (χ0) is 17.2. The van der Waals surface area contributed by atoms with Gasteiger partial charge >= 0.3 is 6.03 Å². The number of hydrogen-bond acceptors (Lipinski definition) is 3. The van der Waals surface area contributed by atoms with Gasteiger partial charge in [0.25, 0.3) is 0 Å². The molecule has 6 heteroatoms. The minimum atomic E-state index is -0.374.